The first-order chi connectivity index (χ1) is 11.5. The summed E-state index contributed by atoms with van der Waals surface area (Å²) in [5.41, 5.74) is 9.01. The fourth-order valence-electron chi connectivity index (χ4n) is 2.57. The highest BCUT2D eigenvalue weighted by atomic mass is 28.4. The van der Waals surface area contributed by atoms with Crippen molar-refractivity contribution in [3.05, 3.63) is 35.8 Å². The molecule has 0 aliphatic heterocycles. The fourth-order valence-corrected chi connectivity index (χ4v) is 4.00. The Kier molecular flexibility index (Phi) is 5.74. The Morgan fingerprint density at radius 3 is 2.52 bits per heavy atom. The largest absolute Gasteiger partial charge is 0.414 e. The molecule has 2 N–H and O–H groups in total. The van der Waals surface area contributed by atoms with E-state index in [-0.39, 0.29) is 11.1 Å². The minimum Gasteiger partial charge on any atom is -0.414 e. The molecule has 0 fully saturated rings. The molecular formula is C19H32N4OSi. The molecule has 2 heterocycles. The number of hydrogen-bond donors (Lipinski definition) is 1. The number of nitrogens with zero attached hydrogens (tertiary/aromatic N) is 3. The Balaban J connectivity index is 2.27. The van der Waals surface area contributed by atoms with Gasteiger partial charge in [-0.3, -0.25) is 4.98 Å². The van der Waals surface area contributed by atoms with E-state index in [0.717, 1.165) is 29.9 Å². The first-order valence-electron chi connectivity index (χ1n) is 8.98. The van der Waals surface area contributed by atoms with Crippen molar-refractivity contribution in [3.8, 4) is 5.69 Å². The summed E-state index contributed by atoms with van der Waals surface area (Å²) in [6, 6.07) is 5.93. The summed E-state index contributed by atoms with van der Waals surface area (Å²) in [5.74, 6) is 0.534. The normalized spacial score (nSPS) is 13.9. The van der Waals surface area contributed by atoms with Crippen molar-refractivity contribution < 1.29 is 4.43 Å². The van der Waals surface area contributed by atoms with Gasteiger partial charge in [-0.25, -0.2) is 4.68 Å². The Hall–Kier alpha value is -1.66. The molecule has 0 aliphatic rings. The second-order valence-corrected chi connectivity index (χ2v) is 13.0. The molecule has 25 heavy (non-hydrogen) atoms. The van der Waals surface area contributed by atoms with Gasteiger partial charge in [-0.15, -0.1) is 0 Å². The number of nitrogens with two attached hydrogens (primary N) is 1. The molecule has 0 amide bonds. The van der Waals surface area contributed by atoms with Crippen molar-refractivity contribution in [1.82, 2.24) is 14.8 Å². The minimum atomic E-state index is -1.81. The zero-order valence-electron chi connectivity index (χ0n) is 16.6. The molecule has 5 nitrogen and oxygen atoms in total. The van der Waals surface area contributed by atoms with Crippen LogP contribution in [0.15, 0.2) is 24.4 Å². The van der Waals surface area contributed by atoms with Crippen LogP contribution in [-0.4, -0.2) is 29.2 Å². The maximum absolute atomic E-state index is 6.62. The minimum absolute atomic E-state index is 0.165. The summed E-state index contributed by atoms with van der Waals surface area (Å²) < 4.78 is 8.54. The van der Waals surface area contributed by atoms with Gasteiger partial charge in [-0.1, -0.05) is 27.7 Å². The van der Waals surface area contributed by atoms with E-state index < -0.39 is 8.32 Å². The number of anilines is 1. The van der Waals surface area contributed by atoms with Crippen LogP contribution in [0.1, 0.15) is 45.5 Å². The van der Waals surface area contributed by atoms with Gasteiger partial charge in [-0.2, -0.15) is 5.10 Å². The van der Waals surface area contributed by atoms with Gasteiger partial charge in [0.25, 0.3) is 0 Å². The molecule has 0 spiro atoms. The van der Waals surface area contributed by atoms with Gasteiger partial charge in [0.05, 0.1) is 11.8 Å². The fraction of sp³-hybridized carbons (Fsp3) is 0.579. The third-order valence-electron chi connectivity index (χ3n) is 5.09. The second kappa shape index (κ2) is 7.29. The molecule has 0 saturated heterocycles. The van der Waals surface area contributed by atoms with Crippen LogP contribution in [0.25, 0.3) is 5.69 Å². The van der Waals surface area contributed by atoms with Gasteiger partial charge in [-0.05, 0) is 43.6 Å². The predicted octanol–water partition coefficient (Wildman–Crippen LogP) is 4.50. The van der Waals surface area contributed by atoms with Crippen molar-refractivity contribution in [2.75, 3.05) is 5.73 Å². The van der Waals surface area contributed by atoms with Gasteiger partial charge in [0, 0.05) is 30.1 Å². The number of aromatic nitrogens is 3. The highest BCUT2D eigenvalue weighted by molar-refractivity contribution is 6.74. The van der Waals surface area contributed by atoms with Gasteiger partial charge in [0.2, 0.25) is 0 Å². The van der Waals surface area contributed by atoms with E-state index in [2.05, 4.69) is 50.9 Å². The van der Waals surface area contributed by atoms with E-state index in [1.165, 1.54) is 0 Å². The van der Waals surface area contributed by atoms with Crippen molar-refractivity contribution >= 4 is 14.1 Å². The molecule has 2 aromatic heterocycles. The highest BCUT2D eigenvalue weighted by Gasteiger charge is 2.39. The molecule has 0 bridgehead atoms. The summed E-state index contributed by atoms with van der Waals surface area (Å²) in [4.78, 5) is 4.26. The molecule has 1 atom stereocenters. The molecule has 0 saturated carbocycles. The van der Waals surface area contributed by atoms with E-state index in [9.17, 15) is 0 Å². The highest BCUT2D eigenvalue weighted by Crippen LogP contribution is 2.38. The number of nitrogen functional groups attached to an aromatic ring is 1. The van der Waals surface area contributed by atoms with Crippen LogP contribution in [-0.2, 0) is 10.8 Å². The molecule has 2 rings (SSSR count). The van der Waals surface area contributed by atoms with Crippen molar-refractivity contribution in [2.45, 2.75) is 71.7 Å². The van der Waals surface area contributed by atoms with Crippen molar-refractivity contribution in [3.63, 3.8) is 0 Å². The summed E-state index contributed by atoms with van der Waals surface area (Å²) in [5, 5.41) is 4.67. The van der Waals surface area contributed by atoms with Crippen LogP contribution in [0.2, 0.25) is 18.1 Å². The molecule has 0 unspecified atom stereocenters. The molecule has 138 valence electrons. The van der Waals surface area contributed by atoms with Crippen LogP contribution in [0.3, 0.4) is 0 Å². The maximum Gasteiger partial charge on any atom is 0.192 e. The third kappa shape index (κ3) is 4.70. The average Bonchev–Trinajstić information content (AvgIpc) is 2.85. The average molecular weight is 361 g/mol. The standard InChI is InChI=1S/C19H32N4OSi/c1-8-17(24-25(6,7)19(3,4)5)12-16-13-18(20)22-23(16)15-9-10-21-14(2)11-15/h9-11,13,17H,8,12H2,1-7H3,(H2,20,22)/t17-/m1/s1. The van der Waals surface area contributed by atoms with Crippen LogP contribution in [0.5, 0.6) is 0 Å². The number of pyridine rings is 1. The summed E-state index contributed by atoms with van der Waals surface area (Å²) in [6.45, 7) is 15.6. The topological polar surface area (TPSA) is 66.0 Å². The molecular weight excluding hydrogens is 328 g/mol. The van der Waals surface area contributed by atoms with E-state index in [1.54, 1.807) is 6.20 Å². The lowest BCUT2D eigenvalue weighted by Gasteiger charge is -2.39. The van der Waals surface area contributed by atoms with E-state index in [1.807, 2.05) is 29.8 Å². The molecule has 0 aromatic carbocycles. The number of hydrogen-bond acceptors (Lipinski definition) is 4. The monoisotopic (exact) mass is 360 g/mol. The van der Waals surface area contributed by atoms with Gasteiger partial charge < -0.3 is 10.2 Å². The zero-order valence-corrected chi connectivity index (χ0v) is 17.6. The Morgan fingerprint density at radius 1 is 1.28 bits per heavy atom. The third-order valence-corrected chi connectivity index (χ3v) is 9.62. The van der Waals surface area contributed by atoms with Crippen LogP contribution in [0, 0.1) is 6.92 Å². The van der Waals surface area contributed by atoms with E-state index in [4.69, 9.17) is 10.2 Å². The van der Waals surface area contributed by atoms with Crippen LogP contribution in [0.4, 0.5) is 5.82 Å². The Bertz CT molecular complexity index is 718. The maximum atomic E-state index is 6.62. The van der Waals surface area contributed by atoms with Crippen LogP contribution >= 0.6 is 0 Å². The Labute approximate surface area is 152 Å². The quantitative estimate of drug-likeness (QED) is 0.770. The molecule has 0 radical (unpaired) electrons. The number of aryl methyl sites for hydroxylation is 1. The molecule has 2 aromatic rings. The second-order valence-electron chi connectivity index (χ2n) is 8.24. The van der Waals surface area contributed by atoms with Crippen molar-refractivity contribution in [1.29, 1.82) is 0 Å². The lowest BCUT2D eigenvalue weighted by molar-refractivity contribution is 0.174. The summed E-state index contributed by atoms with van der Waals surface area (Å²) in [6.07, 6.45) is 3.73. The summed E-state index contributed by atoms with van der Waals surface area (Å²) >= 11 is 0. The Morgan fingerprint density at radius 2 is 1.96 bits per heavy atom. The first kappa shape index (κ1) is 19.7. The van der Waals surface area contributed by atoms with E-state index >= 15 is 0 Å². The van der Waals surface area contributed by atoms with Crippen LogP contribution < -0.4 is 5.73 Å². The first-order valence-corrected chi connectivity index (χ1v) is 11.9. The number of rotatable bonds is 6. The molecule has 6 heteroatoms. The van der Waals surface area contributed by atoms with Crippen molar-refractivity contribution in [2.24, 2.45) is 0 Å². The lowest BCUT2D eigenvalue weighted by atomic mass is 10.1. The smallest absolute Gasteiger partial charge is 0.192 e. The van der Waals surface area contributed by atoms with Gasteiger partial charge in [0.15, 0.2) is 8.32 Å². The predicted molar refractivity (Wildman–Crippen MR) is 107 cm³/mol. The summed E-state index contributed by atoms with van der Waals surface area (Å²) in [7, 11) is -1.81. The van der Waals surface area contributed by atoms with Gasteiger partial charge in [0.1, 0.15) is 5.82 Å². The lowest BCUT2D eigenvalue weighted by Crippen LogP contribution is -2.44. The SMILES string of the molecule is CC[C@H](Cc1cc(N)nn1-c1ccnc(C)c1)O[Si](C)(C)C(C)(C)C. The zero-order chi connectivity index (χ0) is 18.8. The van der Waals surface area contributed by atoms with E-state index in [0.29, 0.717) is 5.82 Å². The van der Waals surface area contributed by atoms with Gasteiger partial charge >= 0.3 is 0 Å². The molecule has 0 aliphatic carbocycles.